The summed E-state index contributed by atoms with van der Waals surface area (Å²) in [7, 11) is 1.99. The molecule has 0 aliphatic carbocycles. The molecular weight excluding hydrogens is 380 g/mol. The van der Waals surface area contributed by atoms with Gasteiger partial charge in [0.05, 0.1) is 5.52 Å². The van der Waals surface area contributed by atoms with Crippen LogP contribution < -0.4 is 5.32 Å². The molecule has 0 atom stereocenters. The van der Waals surface area contributed by atoms with Crippen LogP contribution in [0.2, 0.25) is 0 Å². The molecule has 9 heteroatoms. The zero-order valence-corrected chi connectivity index (χ0v) is 15.7. The molecule has 4 rings (SSSR count). The maximum Gasteiger partial charge on any atom is 0.292 e. The Bertz CT molecular complexity index is 1090. The minimum absolute atomic E-state index is 0.0113. The maximum atomic E-state index is 13.4. The fraction of sp³-hybridized carbons (Fsp3) is 0.250. The highest BCUT2D eigenvalue weighted by Crippen LogP contribution is 2.19. The van der Waals surface area contributed by atoms with E-state index in [-0.39, 0.29) is 23.1 Å². The Hall–Kier alpha value is -3.33. The highest BCUT2D eigenvalue weighted by atomic mass is 19.2. The summed E-state index contributed by atoms with van der Waals surface area (Å²) in [5.41, 5.74) is 0.783. The van der Waals surface area contributed by atoms with E-state index in [2.05, 4.69) is 15.2 Å². The van der Waals surface area contributed by atoms with E-state index in [1.165, 1.54) is 10.5 Å². The van der Waals surface area contributed by atoms with Crippen LogP contribution in [0.5, 0.6) is 0 Å². The summed E-state index contributed by atoms with van der Waals surface area (Å²) in [6.07, 6.45) is 1.63. The van der Waals surface area contributed by atoms with Crippen LogP contribution in [0, 0.1) is 11.6 Å². The summed E-state index contributed by atoms with van der Waals surface area (Å²) >= 11 is 0. The van der Waals surface area contributed by atoms with Gasteiger partial charge in [-0.05, 0) is 31.3 Å². The molecule has 3 aromatic rings. The van der Waals surface area contributed by atoms with Gasteiger partial charge in [-0.15, -0.1) is 0 Å². The van der Waals surface area contributed by atoms with Crippen molar-refractivity contribution in [3.05, 3.63) is 65.7 Å². The molecule has 0 radical (unpaired) electrons. The summed E-state index contributed by atoms with van der Waals surface area (Å²) in [6, 6.07) is 8.26. The van der Waals surface area contributed by atoms with Crippen molar-refractivity contribution in [1.82, 2.24) is 19.2 Å². The first-order valence-corrected chi connectivity index (χ1v) is 9.15. The number of imidazole rings is 1. The van der Waals surface area contributed by atoms with Crippen LogP contribution in [0.1, 0.15) is 21.1 Å². The van der Waals surface area contributed by atoms with Crippen LogP contribution in [0.15, 0.2) is 42.6 Å². The number of nitrogens with one attached hydrogen (secondary N) is 1. The molecule has 7 nitrogen and oxygen atoms in total. The molecule has 1 aliphatic heterocycles. The van der Waals surface area contributed by atoms with Crippen molar-refractivity contribution in [3.63, 3.8) is 0 Å². The number of piperazine rings is 1. The van der Waals surface area contributed by atoms with Gasteiger partial charge in [0.2, 0.25) is 5.82 Å². The third-order valence-electron chi connectivity index (χ3n) is 4.92. The Morgan fingerprint density at radius 2 is 1.79 bits per heavy atom. The first-order chi connectivity index (χ1) is 13.9. The van der Waals surface area contributed by atoms with Crippen molar-refractivity contribution in [2.75, 3.05) is 38.5 Å². The van der Waals surface area contributed by atoms with Crippen LogP contribution in [0.25, 0.3) is 5.52 Å². The van der Waals surface area contributed by atoms with E-state index in [0.717, 1.165) is 25.2 Å². The number of rotatable bonds is 3. The molecule has 1 aliphatic rings. The zero-order chi connectivity index (χ0) is 20.5. The van der Waals surface area contributed by atoms with Gasteiger partial charge in [0.1, 0.15) is 0 Å². The number of likely N-dealkylation sites (N-methyl/N-ethyl adjacent to an activating group) is 1. The Labute approximate surface area is 165 Å². The molecule has 2 aromatic heterocycles. The summed E-state index contributed by atoms with van der Waals surface area (Å²) in [5.74, 6) is -2.96. The van der Waals surface area contributed by atoms with Crippen LogP contribution in [-0.2, 0) is 0 Å². The van der Waals surface area contributed by atoms with Gasteiger partial charge in [0, 0.05) is 44.1 Å². The highest BCUT2D eigenvalue weighted by Gasteiger charge is 2.27. The molecule has 0 unspecified atom stereocenters. The van der Waals surface area contributed by atoms with E-state index in [1.807, 2.05) is 7.05 Å². The number of nitrogens with zero attached hydrogens (tertiary/aromatic N) is 4. The predicted molar refractivity (Wildman–Crippen MR) is 103 cm³/mol. The monoisotopic (exact) mass is 399 g/mol. The lowest BCUT2D eigenvalue weighted by molar-refractivity contribution is 0.0661. The van der Waals surface area contributed by atoms with Crippen molar-refractivity contribution in [2.45, 2.75) is 0 Å². The largest absolute Gasteiger partial charge is 0.335 e. The zero-order valence-electron chi connectivity index (χ0n) is 15.7. The predicted octanol–water partition coefficient (Wildman–Crippen LogP) is 2.25. The Balaban J connectivity index is 1.65. The van der Waals surface area contributed by atoms with E-state index < -0.39 is 17.5 Å². The number of aromatic nitrogens is 2. The number of carbonyl (C=O) groups excluding carboxylic acids is 2. The van der Waals surface area contributed by atoms with Gasteiger partial charge in [0.25, 0.3) is 11.8 Å². The summed E-state index contributed by atoms with van der Waals surface area (Å²) < 4.78 is 28.1. The fourth-order valence-corrected chi connectivity index (χ4v) is 3.28. The van der Waals surface area contributed by atoms with Gasteiger partial charge >= 0.3 is 0 Å². The van der Waals surface area contributed by atoms with Crippen molar-refractivity contribution in [2.24, 2.45) is 0 Å². The van der Waals surface area contributed by atoms with Gasteiger partial charge in [0.15, 0.2) is 17.3 Å². The second kappa shape index (κ2) is 7.59. The van der Waals surface area contributed by atoms with Crippen LogP contribution in [0.4, 0.5) is 14.5 Å². The van der Waals surface area contributed by atoms with Gasteiger partial charge in [-0.25, -0.2) is 13.8 Å². The number of fused-ring (bicyclic) bond motifs is 1. The number of hydrogen-bond acceptors (Lipinski definition) is 4. The number of anilines is 1. The first-order valence-electron chi connectivity index (χ1n) is 9.15. The van der Waals surface area contributed by atoms with Crippen LogP contribution in [-0.4, -0.2) is 64.2 Å². The Morgan fingerprint density at radius 1 is 1.03 bits per heavy atom. The molecule has 3 heterocycles. The number of amides is 2. The molecular formula is C20H19F2N5O2. The SMILES string of the molecule is CN1CCN(C(=O)c2nc(C(=O)Nc3ccc(F)c(F)c3)n3ccccc23)CC1. The van der Waals surface area contributed by atoms with Crippen molar-refractivity contribution in [3.8, 4) is 0 Å². The normalized spacial score (nSPS) is 14.9. The number of benzene rings is 1. The quantitative estimate of drug-likeness (QED) is 0.734. The number of halogens is 2. The third-order valence-corrected chi connectivity index (χ3v) is 4.92. The number of hydrogen-bond donors (Lipinski definition) is 1. The number of pyridine rings is 1. The lowest BCUT2D eigenvalue weighted by Crippen LogP contribution is -2.47. The molecule has 1 N–H and O–H groups in total. The smallest absolute Gasteiger partial charge is 0.292 e. The van der Waals surface area contributed by atoms with Crippen LogP contribution >= 0.6 is 0 Å². The Kier molecular flexibility index (Phi) is 4.98. The second-order valence-corrected chi connectivity index (χ2v) is 6.92. The van der Waals surface area contributed by atoms with Crippen LogP contribution in [0.3, 0.4) is 0 Å². The second-order valence-electron chi connectivity index (χ2n) is 6.92. The average molecular weight is 399 g/mol. The minimum atomic E-state index is -1.07. The minimum Gasteiger partial charge on any atom is -0.335 e. The third kappa shape index (κ3) is 3.68. The summed E-state index contributed by atoms with van der Waals surface area (Å²) in [6.45, 7) is 2.69. The van der Waals surface area contributed by atoms with E-state index in [0.29, 0.717) is 18.6 Å². The number of carbonyl (C=O) groups is 2. The van der Waals surface area contributed by atoms with Crippen molar-refractivity contribution in [1.29, 1.82) is 0 Å². The maximum absolute atomic E-state index is 13.4. The first kappa shape index (κ1) is 19.0. The molecule has 1 saturated heterocycles. The molecule has 0 saturated carbocycles. The Morgan fingerprint density at radius 3 is 2.52 bits per heavy atom. The summed E-state index contributed by atoms with van der Waals surface area (Å²) in [4.78, 5) is 33.9. The standard InChI is InChI=1S/C20H19F2N5O2/c1-25-8-10-26(11-9-25)20(29)17-16-4-2-3-7-27(16)18(24-17)19(28)23-13-5-6-14(21)15(22)12-13/h2-7,12H,8-11H2,1H3,(H,23,28). The lowest BCUT2D eigenvalue weighted by Gasteiger charge is -2.32. The van der Waals surface area contributed by atoms with E-state index in [4.69, 9.17) is 0 Å². The van der Waals surface area contributed by atoms with E-state index >= 15 is 0 Å². The molecule has 0 spiro atoms. The molecule has 29 heavy (non-hydrogen) atoms. The van der Waals surface area contributed by atoms with Gasteiger partial charge in [-0.2, -0.15) is 0 Å². The van der Waals surface area contributed by atoms with Gasteiger partial charge in [-0.3, -0.25) is 14.0 Å². The van der Waals surface area contributed by atoms with E-state index in [1.54, 1.807) is 29.3 Å². The molecule has 150 valence electrons. The van der Waals surface area contributed by atoms with Gasteiger partial charge < -0.3 is 15.1 Å². The molecule has 2 amide bonds. The average Bonchev–Trinajstić information content (AvgIpc) is 3.11. The van der Waals surface area contributed by atoms with Crippen molar-refractivity contribution < 1.29 is 18.4 Å². The lowest BCUT2D eigenvalue weighted by atomic mass is 10.2. The molecule has 1 fully saturated rings. The molecule has 0 bridgehead atoms. The van der Waals surface area contributed by atoms with Crippen molar-refractivity contribution >= 4 is 23.0 Å². The fourth-order valence-electron chi connectivity index (χ4n) is 3.28. The van der Waals surface area contributed by atoms with Gasteiger partial charge in [-0.1, -0.05) is 6.07 Å². The van der Waals surface area contributed by atoms with E-state index in [9.17, 15) is 18.4 Å². The highest BCUT2D eigenvalue weighted by molar-refractivity contribution is 6.06. The molecule has 1 aromatic carbocycles. The topological polar surface area (TPSA) is 69.9 Å². The summed E-state index contributed by atoms with van der Waals surface area (Å²) in [5, 5.41) is 2.50.